The predicted octanol–water partition coefficient (Wildman–Crippen LogP) is 6.70. The number of halogens is 1. The molecule has 24 heavy (non-hydrogen) atoms. The van der Waals surface area contributed by atoms with Gasteiger partial charge in [0.1, 0.15) is 0 Å². The van der Waals surface area contributed by atoms with Crippen molar-refractivity contribution in [3.8, 4) is 5.69 Å². The lowest BCUT2D eigenvalue weighted by molar-refractivity contribution is 1.18. The molecule has 0 radical (unpaired) electrons. The van der Waals surface area contributed by atoms with Gasteiger partial charge in [-0.1, -0.05) is 70.5 Å². The second-order valence-electron chi connectivity index (χ2n) is 6.05. The van der Waals surface area contributed by atoms with Gasteiger partial charge in [0, 0.05) is 20.9 Å². The standard InChI is InChI=1S/C22H14BrN/c23-17-10-12-20-19-7-3-4-8-21(19)24(22(20)14-17)18-11-9-15-5-1-2-6-16(15)13-18/h1-14H. The number of hydrogen-bond donors (Lipinski definition) is 0. The van der Waals surface area contributed by atoms with Gasteiger partial charge in [-0.2, -0.15) is 0 Å². The van der Waals surface area contributed by atoms with Crippen molar-refractivity contribution in [3.63, 3.8) is 0 Å². The molecule has 1 nitrogen and oxygen atoms in total. The van der Waals surface area contributed by atoms with Gasteiger partial charge in [-0.15, -0.1) is 0 Å². The van der Waals surface area contributed by atoms with Crippen molar-refractivity contribution in [2.24, 2.45) is 0 Å². The Bertz CT molecular complexity index is 1220. The lowest BCUT2D eigenvalue weighted by atomic mass is 10.1. The number of benzene rings is 4. The van der Waals surface area contributed by atoms with E-state index in [2.05, 4.69) is 105 Å². The van der Waals surface area contributed by atoms with Crippen molar-refractivity contribution in [1.82, 2.24) is 4.57 Å². The van der Waals surface area contributed by atoms with E-state index in [1.54, 1.807) is 0 Å². The molecule has 2 heteroatoms. The van der Waals surface area contributed by atoms with Crippen LogP contribution in [0.5, 0.6) is 0 Å². The summed E-state index contributed by atoms with van der Waals surface area (Å²) in [4.78, 5) is 0. The minimum absolute atomic E-state index is 1.10. The lowest BCUT2D eigenvalue weighted by Crippen LogP contribution is -1.93. The molecule has 1 heterocycles. The molecule has 0 saturated heterocycles. The van der Waals surface area contributed by atoms with Gasteiger partial charge < -0.3 is 4.57 Å². The van der Waals surface area contributed by atoms with E-state index in [1.807, 2.05) is 0 Å². The van der Waals surface area contributed by atoms with E-state index in [1.165, 1.54) is 38.3 Å². The number of fused-ring (bicyclic) bond motifs is 4. The van der Waals surface area contributed by atoms with Crippen molar-refractivity contribution < 1.29 is 0 Å². The Balaban J connectivity index is 1.93. The smallest absolute Gasteiger partial charge is 0.0552 e. The van der Waals surface area contributed by atoms with E-state index >= 15 is 0 Å². The fourth-order valence-electron chi connectivity index (χ4n) is 3.54. The number of nitrogens with zero attached hydrogens (tertiary/aromatic N) is 1. The Morgan fingerprint density at radius 1 is 0.583 bits per heavy atom. The van der Waals surface area contributed by atoms with E-state index in [0.29, 0.717) is 0 Å². The first-order valence-corrected chi connectivity index (χ1v) is 8.78. The van der Waals surface area contributed by atoms with Crippen LogP contribution in [-0.4, -0.2) is 4.57 Å². The van der Waals surface area contributed by atoms with Crippen LogP contribution in [0, 0.1) is 0 Å². The van der Waals surface area contributed by atoms with E-state index in [4.69, 9.17) is 0 Å². The fourth-order valence-corrected chi connectivity index (χ4v) is 3.89. The Morgan fingerprint density at radius 2 is 1.33 bits per heavy atom. The number of rotatable bonds is 1. The second kappa shape index (κ2) is 5.22. The molecule has 0 saturated carbocycles. The summed E-state index contributed by atoms with van der Waals surface area (Å²) < 4.78 is 3.45. The molecule has 0 N–H and O–H groups in total. The summed E-state index contributed by atoms with van der Waals surface area (Å²) >= 11 is 3.62. The van der Waals surface area contributed by atoms with Gasteiger partial charge in [0.15, 0.2) is 0 Å². The van der Waals surface area contributed by atoms with Crippen molar-refractivity contribution in [2.45, 2.75) is 0 Å². The molecule has 0 amide bonds. The Morgan fingerprint density at radius 3 is 2.25 bits per heavy atom. The van der Waals surface area contributed by atoms with Gasteiger partial charge in [-0.05, 0) is 41.1 Å². The second-order valence-corrected chi connectivity index (χ2v) is 6.96. The molecule has 0 atom stereocenters. The molecular weight excluding hydrogens is 358 g/mol. The summed E-state index contributed by atoms with van der Waals surface area (Å²) in [6.45, 7) is 0. The highest BCUT2D eigenvalue weighted by Crippen LogP contribution is 2.34. The third-order valence-electron chi connectivity index (χ3n) is 4.63. The summed E-state index contributed by atoms with van der Waals surface area (Å²) in [6.07, 6.45) is 0. The van der Waals surface area contributed by atoms with E-state index in [0.717, 1.165) is 4.47 Å². The molecule has 1 aromatic heterocycles. The highest BCUT2D eigenvalue weighted by Gasteiger charge is 2.12. The Hall–Kier alpha value is -2.58. The van der Waals surface area contributed by atoms with Gasteiger partial charge in [0.05, 0.1) is 11.0 Å². The van der Waals surface area contributed by atoms with Crippen molar-refractivity contribution in [3.05, 3.63) is 89.4 Å². The summed E-state index contributed by atoms with van der Waals surface area (Å²) in [5.41, 5.74) is 3.65. The van der Waals surface area contributed by atoms with Crippen LogP contribution in [0.1, 0.15) is 0 Å². The number of para-hydroxylation sites is 1. The number of hydrogen-bond acceptors (Lipinski definition) is 0. The molecule has 5 aromatic rings. The predicted molar refractivity (Wildman–Crippen MR) is 106 cm³/mol. The minimum atomic E-state index is 1.10. The maximum atomic E-state index is 3.62. The van der Waals surface area contributed by atoms with Crippen molar-refractivity contribution in [2.75, 3.05) is 0 Å². The quantitative estimate of drug-likeness (QED) is 0.309. The average Bonchev–Trinajstić information content (AvgIpc) is 2.94. The fraction of sp³-hybridized carbons (Fsp3) is 0. The van der Waals surface area contributed by atoms with Crippen LogP contribution in [-0.2, 0) is 0 Å². The van der Waals surface area contributed by atoms with Crippen LogP contribution in [0.3, 0.4) is 0 Å². The zero-order valence-electron chi connectivity index (χ0n) is 12.9. The van der Waals surface area contributed by atoms with E-state index in [-0.39, 0.29) is 0 Å². The van der Waals surface area contributed by atoms with Crippen LogP contribution >= 0.6 is 15.9 Å². The average molecular weight is 372 g/mol. The normalized spacial score (nSPS) is 11.5. The molecule has 114 valence electrons. The lowest BCUT2D eigenvalue weighted by Gasteiger charge is -2.09. The van der Waals surface area contributed by atoms with Crippen molar-refractivity contribution in [1.29, 1.82) is 0 Å². The zero-order valence-corrected chi connectivity index (χ0v) is 14.5. The van der Waals surface area contributed by atoms with Crippen molar-refractivity contribution >= 4 is 48.5 Å². The van der Waals surface area contributed by atoms with Crippen LogP contribution in [0.25, 0.3) is 38.3 Å². The van der Waals surface area contributed by atoms with Gasteiger partial charge in [-0.25, -0.2) is 0 Å². The monoisotopic (exact) mass is 371 g/mol. The van der Waals surface area contributed by atoms with Gasteiger partial charge in [0.2, 0.25) is 0 Å². The summed E-state index contributed by atoms with van der Waals surface area (Å²) in [5.74, 6) is 0. The molecule has 0 bridgehead atoms. The van der Waals surface area contributed by atoms with Crippen LogP contribution < -0.4 is 0 Å². The molecule has 0 spiro atoms. The molecule has 5 rings (SSSR count). The molecular formula is C22H14BrN. The topological polar surface area (TPSA) is 4.93 Å². The number of aromatic nitrogens is 1. The van der Waals surface area contributed by atoms with Crippen LogP contribution in [0.15, 0.2) is 89.4 Å². The maximum Gasteiger partial charge on any atom is 0.0552 e. The first-order chi connectivity index (χ1) is 11.8. The largest absolute Gasteiger partial charge is 0.309 e. The molecule has 0 unspecified atom stereocenters. The minimum Gasteiger partial charge on any atom is -0.309 e. The SMILES string of the molecule is Brc1ccc2c3ccccc3n(-c3ccc4ccccc4c3)c2c1. The summed E-state index contributed by atoms with van der Waals surface area (Å²) in [6, 6.07) is 30.3. The van der Waals surface area contributed by atoms with E-state index < -0.39 is 0 Å². The molecule has 4 aromatic carbocycles. The van der Waals surface area contributed by atoms with Crippen LogP contribution in [0.2, 0.25) is 0 Å². The molecule has 0 fully saturated rings. The van der Waals surface area contributed by atoms with Gasteiger partial charge >= 0.3 is 0 Å². The van der Waals surface area contributed by atoms with Gasteiger partial charge in [0.25, 0.3) is 0 Å². The highest BCUT2D eigenvalue weighted by atomic mass is 79.9. The molecule has 0 aliphatic carbocycles. The highest BCUT2D eigenvalue weighted by molar-refractivity contribution is 9.10. The summed E-state index contributed by atoms with van der Waals surface area (Å²) in [7, 11) is 0. The van der Waals surface area contributed by atoms with E-state index in [9.17, 15) is 0 Å². The summed E-state index contributed by atoms with van der Waals surface area (Å²) in [5, 5.41) is 5.09. The third-order valence-corrected chi connectivity index (χ3v) is 5.12. The first kappa shape index (κ1) is 13.8. The Kier molecular flexibility index (Phi) is 3.00. The zero-order chi connectivity index (χ0) is 16.1. The molecule has 0 aliphatic heterocycles. The van der Waals surface area contributed by atoms with Crippen LogP contribution in [0.4, 0.5) is 0 Å². The maximum absolute atomic E-state index is 3.62. The van der Waals surface area contributed by atoms with Gasteiger partial charge in [-0.3, -0.25) is 0 Å². The molecule has 0 aliphatic rings. The third kappa shape index (κ3) is 2.00. The first-order valence-electron chi connectivity index (χ1n) is 7.99. The Labute approximate surface area is 148 Å².